The number of benzene rings is 1. The van der Waals surface area contributed by atoms with Crippen LogP contribution in [-0.4, -0.2) is 8.42 Å². The van der Waals surface area contributed by atoms with Gasteiger partial charge in [-0.25, -0.2) is 8.42 Å². The number of halogens is 2. The quantitative estimate of drug-likeness (QED) is 0.680. The molecule has 0 bridgehead atoms. The third kappa shape index (κ3) is 4.09. The van der Waals surface area contributed by atoms with E-state index in [1.807, 2.05) is 12.1 Å². The normalized spacial score (nSPS) is 12.4. The van der Waals surface area contributed by atoms with Crippen LogP contribution in [0.5, 0.6) is 0 Å². The van der Waals surface area contributed by atoms with Crippen LogP contribution in [0.4, 0.5) is 5.69 Å². The fourth-order valence-electron chi connectivity index (χ4n) is 1.70. The molecule has 21 heavy (non-hydrogen) atoms. The zero-order valence-corrected chi connectivity index (χ0v) is 16.6. The van der Waals surface area contributed by atoms with Gasteiger partial charge in [-0.1, -0.05) is 32.9 Å². The van der Waals surface area contributed by atoms with Crippen LogP contribution < -0.4 is 4.72 Å². The smallest absolute Gasteiger partial charge is 0.271 e. The summed E-state index contributed by atoms with van der Waals surface area (Å²) in [5, 5.41) is 0. The fourth-order valence-corrected chi connectivity index (χ4v) is 5.58. The number of hydrogen-bond acceptors (Lipinski definition) is 3. The summed E-state index contributed by atoms with van der Waals surface area (Å²) in [5.41, 5.74) is 1.76. The summed E-state index contributed by atoms with van der Waals surface area (Å²) < 4.78 is 29.0. The van der Waals surface area contributed by atoms with Crippen molar-refractivity contribution < 1.29 is 8.42 Å². The third-order valence-corrected chi connectivity index (χ3v) is 8.00. The largest absolute Gasteiger partial charge is 0.279 e. The zero-order chi connectivity index (χ0) is 15.8. The maximum Gasteiger partial charge on any atom is 0.271 e. The molecule has 0 aliphatic heterocycles. The Morgan fingerprint density at radius 2 is 1.67 bits per heavy atom. The van der Waals surface area contributed by atoms with Crippen molar-refractivity contribution in [1.82, 2.24) is 0 Å². The van der Waals surface area contributed by atoms with Crippen LogP contribution >= 0.6 is 43.2 Å². The SMILES string of the molecule is CC(C)(C)c1ccc(NS(=O)(=O)c2cc(Br)c(Br)s2)cc1. The van der Waals surface area contributed by atoms with Crippen molar-refractivity contribution in [2.45, 2.75) is 30.4 Å². The number of sulfonamides is 1. The highest BCUT2D eigenvalue weighted by Gasteiger charge is 2.19. The van der Waals surface area contributed by atoms with Gasteiger partial charge >= 0.3 is 0 Å². The van der Waals surface area contributed by atoms with Crippen LogP contribution in [0.3, 0.4) is 0 Å². The molecule has 2 aromatic rings. The summed E-state index contributed by atoms with van der Waals surface area (Å²) in [7, 11) is -3.55. The van der Waals surface area contributed by atoms with Gasteiger partial charge < -0.3 is 0 Å². The summed E-state index contributed by atoms with van der Waals surface area (Å²) in [6, 6.07) is 9.04. The van der Waals surface area contributed by atoms with E-state index in [9.17, 15) is 8.42 Å². The maximum absolute atomic E-state index is 12.3. The molecule has 1 aromatic heterocycles. The average molecular weight is 453 g/mol. The minimum Gasteiger partial charge on any atom is -0.279 e. The Balaban J connectivity index is 2.25. The molecule has 1 aromatic carbocycles. The lowest BCUT2D eigenvalue weighted by Gasteiger charge is -2.19. The van der Waals surface area contributed by atoms with Crippen molar-refractivity contribution in [3.8, 4) is 0 Å². The first-order valence-corrected chi connectivity index (χ1v) is 10.1. The summed E-state index contributed by atoms with van der Waals surface area (Å²) in [6.07, 6.45) is 0. The van der Waals surface area contributed by atoms with Gasteiger partial charge in [0.15, 0.2) is 0 Å². The van der Waals surface area contributed by atoms with Crippen LogP contribution in [0.1, 0.15) is 26.3 Å². The number of nitrogens with one attached hydrogen (secondary N) is 1. The lowest BCUT2D eigenvalue weighted by atomic mass is 9.87. The first kappa shape index (κ1) is 17.0. The molecule has 2 rings (SSSR count). The fraction of sp³-hybridized carbons (Fsp3) is 0.286. The molecule has 1 heterocycles. The van der Waals surface area contributed by atoms with Crippen molar-refractivity contribution in [3.05, 3.63) is 44.2 Å². The molecule has 0 aliphatic rings. The molecule has 0 aliphatic carbocycles. The first-order valence-electron chi connectivity index (χ1n) is 6.18. The van der Waals surface area contributed by atoms with E-state index in [1.54, 1.807) is 18.2 Å². The Hall–Kier alpha value is -0.370. The van der Waals surface area contributed by atoms with Crippen LogP contribution in [-0.2, 0) is 15.4 Å². The van der Waals surface area contributed by atoms with Gasteiger partial charge in [-0.15, -0.1) is 11.3 Å². The maximum atomic E-state index is 12.3. The average Bonchev–Trinajstić information content (AvgIpc) is 2.69. The molecule has 0 saturated carbocycles. The van der Waals surface area contributed by atoms with E-state index in [2.05, 4.69) is 57.4 Å². The Labute approximate surface area is 146 Å². The van der Waals surface area contributed by atoms with Gasteiger partial charge in [0, 0.05) is 10.2 Å². The third-order valence-electron chi connectivity index (χ3n) is 2.89. The highest BCUT2D eigenvalue weighted by molar-refractivity contribution is 9.13. The highest BCUT2D eigenvalue weighted by Crippen LogP contribution is 2.35. The molecular formula is C14H15Br2NO2S2. The predicted octanol–water partition coefficient (Wildman–Crippen LogP) is 5.37. The van der Waals surface area contributed by atoms with Gasteiger partial charge in [-0.05, 0) is 61.0 Å². The molecule has 114 valence electrons. The molecular weight excluding hydrogens is 438 g/mol. The minimum atomic E-state index is -3.55. The summed E-state index contributed by atoms with van der Waals surface area (Å²) in [4.78, 5) is 0. The molecule has 0 saturated heterocycles. The monoisotopic (exact) mass is 451 g/mol. The second-order valence-electron chi connectivity index (χ2n) is 5.62. The molecule has 0 fully saturated rings. The minimum absolute atomic E-state index is 0.0425. The number of rotatable bonds is 3. The van der Waals surface area contributed by atoms with E-state index >= 15 is 0 Å². The lowest BCUT2D eigenvalue weighted by molar-refractivity contribution is 0.590. The zero-order valence-electron chi connectivity index (χ0n) is 11.8. The molecule has 7 heteroatoms. The van der Waals surface area contributed by atoms with E-state index in [-0.39, 0.29) is 9.62 Å². The van der Waals surface area contributed by atoms with E-state index in [0.29, 0.717) is 5.69 Å². The van der Waals surface area contributed by atoms with E-state index in [1.165, 1.54) is 11.3 Å². The predicted molar refractivity (Wildman–Crippen MR) is 95.7 cm³/mol. The van der Waals surface area contributed by atoms with Crippen molar-refractivity contribution in [2.75, 3.05) is 4.72 Å². The van der Waals surface area contributed by atoms with Crippen molar-refractivity contribution in [3.63, 3.8) is 0 Å². The second-order valence-corrected chi connectivity index (χ2v) is 10.8. The first-order chi connectivity index (χ1) is 9.59. The Kier molecular flexibility index (Phi) is 4.87. The molecule has 3 nitrogen and oxygen atoms in total. The number of anilines is 1. The molecule has 0 radical (unpaired) electrons. The van der Waals surface area contributed by atoms with E-state index in [0.717, 1.165) is 13.8 Å². The molecule has 0 spiro atoms. The van der Waals surface area contributed by atoms with Crippen molar-refractivity contribution >= 4 is 58.9 Å². The molecule has 0 atom stereocenters. The van der Waals surface area contributed by atoms with Gasteiger partial charge in [0.2, 0.25) is 0 Å². The second kappa shape index (κ2) is 6.02. The van der Waals surface area contributed by atoms with Crippen molar-refractivity contribution in [2.24, 2.45) is 0 Å². The van der Waals surface area contributed by atoms with E-state index in [4.69, 9.17) is 0 Å². The Morgan fingerprint density at radius 1 is 1.10 bits per heavy atom. The molecule has 0 unspecified atom stereocenters. The van der Waals surface area contributed by atoms with E-state index < -0.39 is 10.0 Å². The van der Waals surface area contributed by atoms with Crippen LogP contribution in [0.25, 0.3) is 0 Å². The Morgan fingerprint density at radius 3 is 2.10 bits per heavy atom. The van der Waals surface area contributed by atoms with Gasteiger partial charge in [-0.2, -0.15) is 0 Å². The number of hydrogen-bond donors (Lipinski definition) is 1. The van der Waals surface area contributed by atoms with Gasteiger partial charge in [-0.3, -0.25) is 4.72 Å². The summed E-state index contributed by atoms with van der Waals surface area (Å²) in [5.74, 6) is 0. The summed E-state index contributed by atoms with van der Waals surface area (Å²) >= 11 is 7.77. The topological polar surface area (TPSA) is 46.2 Å². The lowest BCUT2D eigenvalue weighted by Crippen LogP contribution is -2.13. The molecule has 1 N–H and O–H groups in total. The summed E-state index contributed by atoms with van der Waals surface area (Å²) in [6.45, 7) is 6.35. The van der Waals surface area contributed by atoms with Gasteiger partial charge in [0.1, 0.15) is 4.21 Å². The number of thiophene rings is 1. The van der Waals surface area contributed by atoms with Crippen LogP contribution in [0, 0.1) is 0 Å². The van der Waals surface area contributed by atoms with Crippen molar-refractivity contribution in [1.29, 1.82) is 0 Å². The van der Waals surface area contributed by atoms with Crippen LogP contribution in [0.2, 0.25) is 0 Å². The van der Waals surface area contributed by atoms with Gasteiger partial charge in [0.05, 0.1) is 3.79 Å². The molecule has 0 amide bonds. The Bertz CT molecular complexity index is 725. The standard InChI is InChI=1S/C14H15Br2NO2S2/c1-14(2,3)9-4-6-10(7-5-9)17-21(18,19)12-8-11(15)13(16)20-12/h4-8,17H,1-3H3. The highest BCUT2D eigenvalue weighted by atomic mass is 79.9. The van der Waals surface area contributed by atoms with Gasteiger partial charge in [0.25, 0.3) is 10.0 Å². The van der Waals surface area contributed by atoms with Crippen LogP contribution in [0.15, 0.2) is 42.8 Å².